The Morgan fingerprint density at radius 1 is 1.50 bits per heavy atom. The monoisotopic (exact) mass is 228 g/mol. The van der Waals surface area contributed by atoms with E-state index in [4.69, 9.17) is 11.6 Å². The molecule has 0 radical (unpaired) electrons. The molecule has 1 aromatic rings. The van der Waals surface area contributed by atoms with E-state index >= 15 is 0 Å². The van der Waals surface area contributed by atoms with Gasteiger partial charge in [-0.15, -0.1) is 11.8 Å². The first-order valence-corrected chi connectivity index (χ1v) is 6.00. The molecule has 0 saturated carbocycles. The fraction of sp³-hybridized carbons (Fsp3) is 0.455. The van der Waals surface area contributed by atoms with Crippen LogP contribution in [0.25, 0.3) is 0 Å². The summed E-state index contributed by atoms with van der Waals surface area (Å²) in [7, 11) is 0. The molecule has 0 spiro atoms. The maximum atomic E-state index is 10.0. The van der Waals surface area contributed by atoms with Gasteiger partial charge in [-0.1, -0.05) is 17.7 Å². The van der Waals surface area contributed by atoms with Gasteiger partial charge < -0.3 is 5.11 Å². The van der Waals surface area contributed by atoms with Crippen molar-refractivity contribution in [1.29, 1.82) is 0 Å². The summed E-state index contributed by atoms with van der Waals surface area (Å²) in [5.41, 5.74) is 0.426. The zero-order chi connectivity index (χ0) is 10.3. The van der Waals surface area contributed by atoms with Gasteiger partial charge in [-0.05, 0) is 31.5 Å². The molecule has 1 heterocycles. The van der Waals surface area contributed by atoms with Crippen molar-refractivity contribution in [2.45, 2.75) is 30.3 Å². The molecule has 76 valence electrons. The fourth-order valence-corrected chi connectivity index (χ4v) is 3.66. The molecular formula is C11H13ClOS. The highest BCUT2D eigenvalue weighted by molar-refractivity contribution is 7.99. The van der Waals surface area contributed by atoms with Crippen molar-refractivity contribution < 1.29 is 5.11 Å². The highest BCUT2D eigenvalue weighted by Gasteiger charge is 2.35. The lowest BCUT2D eigenvalue weighted by atomic mass is 9.86. The van der Waals surface area contributed by atoms with E-state index in [2.05, 4.69) is 6.07 Å². The summed E-state index contributed by atoms with van der Waals surface area (Å²) in [6, 6.07) is 5.92. The van der Waals surface area contributed by atoms with Crippen LogP contribution in [0.1, 0.15) is 25.3 Å². The van der Waals surface area contributed by atoms with Crippen LogP contribution in [0.4, 0.5) is 0 Å². The number of fused-ring (bicyclic) bond motifs is 1. The number of hydrogen-bond donors (Lipinski definition) is 1. The quantitative estimate of drug-likeness (QED) is 0.796. The van der Waals surface area contributed by atoms with Crippen LogP contribution in [0.2, 0.25) is 5.02 Å². The van der Waals surface area contributed by atoms with Gasteiger partial charge >= 0.3 is 0 Å². The molecule has 0 saturated heterocycles. The van der Waals surface area contributed by atoms with Gasteiger partial charge in [0, 0.05) is 21.6 Å². The summed E-state index contributed by atoms with van der Waals surface area (Å²) in [5, 5.41) is 10.8. The van der Waals surface area contributed by atoms with Crippen LogP contribution in [-0.2, 0) is 0 Å². The average Bonchev–Trinajstić information content (AvgIpc) is 2.47. The van der Waals surface area contributed by atoms with Gasteiger partial charge in [-0.3, -0.25) is 0 Å². The van der Waals surface area contributed by atoms with Crippen LogP contribution >= 0.6 is 23.4 Å². The van der Waals surface area contributed by atoms with Crippen molar-refractivity contribution in [3.63, 3.8) is 0 Å². The first kappa shape index (κ1) is 10.3. The molecule has 1 unspecified atom stereocenters. The number of rotatable bonds is 1. The predicted molar refractivity (Wildman–Crippen MR) is 61.2 cm³/mol. The summed E-state index contributed by atoms with van der Waals surface area (Å²) in [6.45, 7) is 3.69. The molecule has 1 atom stereocenters. The minimum absolute atomic E-state index is 0.149. The summed E-state index contributed by atoms with van der Waals surface area (Å²) in [4.78, 5) is 1.21. The second kappa shape index (κ2) is 3.44. The molecule has 0 aromatic heterocycles. The van der Waals surface area contributed by atoms with E-state index in [9.17, 15) is 5.11 Å². The smallest absolute Gasteiger partial charge is 0.0669 e. The van der Waals surface area contributed by atoms with Gasteiger partial charge in [0.1, 0.15) is 0 Å². The van der Waals surface area contributed by atoms with E-state index in [0.717, 1.165) is 16.3 Å². The Hall–Kier alpha value is -0.180. The maximum absolute atomic E-state index is 10.0. The van der Waals surface area contributed by atoms with Crippen LogP contribution in [0, 0.1) is 0 Å². The molecule has 0 aliphatic carbocycles. The third-order valence-corrected chi connectivity index (χ3v) is 4.12. The molecular weight excluding hydrogens is 216 g/mol. The molecule has 3 heteroatoms. The Bertz CT molecular complexity index is 357. The topological polar surface area (TPSA) is 20.2 Å². The zero-order valence-corrected chi connectivity index (χ0v) is 9.82. The third kappa shape index (κ3) is 1.67. The fourth-order valence-electron chi connectivity index (χ4n) is 1.79. The van der Waals surface area contributed by atoms with Gasteiger partial charge in [0.05, 0.1) is 5.60 Å². The highest BCUT2D eigenvalue weighted by Crippen LogP contribution is 2.47. The van der Waals surface area contributed by atoms with Crippen LogP contribution in [-0.4, -0.2) is 16.5 Å². The highest BCUT2D eigenvalue weighted by atomic mass is 35.5. The largest absolute Gasteiger partial charge is 0.390 e. The van der Waals surface area contributed by atoms with E-state index < -0.39 is 5.60 Å². The number of aliphatic hydroxyl groups is 1. The van der Waals surface area contributed by atoms with Crippen LogP contribution < -0.4 is 0 Å². The van der Waals surface area contributed by atoms with E-state index in [0.29, 0.717) is 0 Å². The van der Waals surface area contributed by atoms with E-state index in [1.807, 2.05) is 26.0 Å². The lowest BCUT2D eigenvalue weighted by molar-refractivity contribution is 0.0578. The lowest BCUT2D eigenvalue weighted by Crippen LogP contribution is -2.29. The minimum atomic E-state index is -0.691. The van der Waals surface area contributed by atoms with E-state index in [1.54, 1.807) is 11.8 Å². The molecule has 1 aliphatic heterocycles. The van der Waals surface area contributed by atoms with Gasteiger partial charge in [0.15, 0.2) is 0 Å². The predicted octanol–water partition coefficient (Wildman–Crippen LogP) is 3.30. The van der Waals surface area contributed by atoms with Crippen molar-refractivity contribution in [2.24, 2.45) is 0 Å². The summed E-state index contributed by atoms with van der Waals surface area (Å²) in [6.07, 6.45) is 0. The van der Waals surface area contributed by atoms with Crippen molar-refractivity contribution in [3.05, 3.63) is 28.8 Å². The second-order valence-corrected chi connectivity index (χ2v) is 5.64. The van der Waals surface area contributed by atoms with Gasteiger partial charge in [-0.2, -0.15) is 0 Å². The standard InChI is InChI=1S/C11H13ClOS/c1-11(2,13)7-6-14-9-5-3-4-8(12)10(7)9/h3-5,7,13H,6H2,1-2H3. The SMILES string of the molecule is CC(C)(O)C1CSc2cccc(Cl)c21. The molecule has 1 N–H and O–H groups in total. The molecule has 0 amide bonds. The summed E-state index contributed by atoms with van der Waals surface area (Å²) >= 11 is 7.92. The normalized spacial score (nSPS) is 21.0. The van der Waals surface area contributed by atoms with Crippen LogP contribution in [0.15, 0.2) is 23.1 Å². The Morgan fingerprint density at radius 3 is 2.86 bits per heavy atom. The molecule has 0 fully saturated rings. The Labute approximate surface area is 93.5 Å². The Balaban J connectivity index is 2.48. The van der Waals surface area contributed by atoms with Crippen LogP contribution in [0.3, 0.4) is 0 Å². The molecule has 14 heavy (non-hydrogen) atoms. The van der Waals surface area contributed by atoms with E-state index in [-0.39, 0.29) is 5.92 Å². The van der Waals surface area contributed by atoms with Gasteiger partial charge in [-0.25, -0.2) is 0 Å². The van der Waals surface area contributed by atoms with Crippen LogP contribution in [0.5, 0.6) is 0 Å². The zero-order valence-electron chi connectivity index (χ0n) is 8.25. The first-order valence-electron chi connectivity index (χ1n) is 4.64. The lowest BCUT2D eigenvalue weighted by Gasteiger charge is -2.26. The maximum Gasteiger partial charge on any atom is 0.0669 e. The number of thioether (sulfide) groups is 1. The summed E-state index contributed by atoms with van der Waals surface area (Å²) in [5.74, 6) is 1.07. The Kier molecular flexibility index (Phi) is 2.54. The van der Waals surface area contributed by atoms with E-state index in [1.165, 1.54) is 4.90 Å². The number of halogens is 1. The number of hydrogen-bond acceptors (Lipinski definition) is 2. The van der Waals surface area contributed by atoms with Crippen molar-refractivity contribution in [2.75, 3.05) is 5.75 Å². The number of benzene rings is 1. The third-order valence-electron chi connectivity index (χ3n) is 2.62. The minimum Gasteiger partial charge on any atom is -0.390 e. The Morgan fingerprint density at radius 2 is 2.21 bits per heavy atom. The molecule has 0 bridgehead atoms. The van der Waals surface area contributed by atoms with Crippen molar-refractivity contribution in [3.8, 4) is 0 Å². The molecule has 1 aliphatic rings. The van der Waals surface area contributed by atoms with Gasteiger partial charge in [0.2, 0.25) is 0 Å². The summed E-state index contributed by atoms with van der Waals surface area (Å²) < 4.78 is 0. The van der Waals surface area contributed by atoms with Gasteiger partial charge in [0.25, 0.3) is 0 Å². The second-order valence-electron chi connectivity index (χ2n) is 4.17. The molecule has 1 nitrogen and oxygen atoms in total. The van der Waals surface area contributed by atoms with Crippen molar-refractivity contribution >= 4 is 23.4 Å². The molecule has 2 rings (SSSR count). The first-order chi connectivity index (χ1) is 6.50. The molecule has 1 aromatic carbocycles. The average molecular weight is 229 g/mol. The van der Waals surface area contributed by atoms with Crippen molar-refractivity contribution in [1.82, 2.24) is 0 Å².